The zero-order valence-corrected chi connectivity index (χ0v) is 18.4. The third-order valence-corrected chi connectivity index (χ3v) is 6.10. The van der Waals surface area contributed by atoms with Gasteiger partial charge in [-0.1, -0.05) is 34.1 Å². The molecule has 0 unspecified atom stereocenters. The van der Waals surface area contributed by atoms with Crippen molar-refractivity contribution in [2.75, 3.05) is 26.2 Å². The summed E-state index contributed by atoms with van der Waals surface area (Å²) in [6, 6.07) is 17.8. The summed E-state index contributed by atoms with van der Waals surface area (Å²) in [6.07, 6.45) is 0. The number of aromatic nitrogens is 2. The van der Waals surface area contributed by atoms with Gasteiger partial charge in [0.25, 0.3) is 5.91 Å². The highest BCUT2D eigenvalue weighted by molar-refractivity contribution is 9.10. The van der Waals surface area contributed by atoms with Crippen LogP contribution in [-0.4, -0.2) is 51.7 Å². The predicted molar refractivity (Wildman–Crippen MR) is 118 cm³/mol. The number of para-hydroxylation sites is 1. The number of carbonyl (C=O) groups is 1. The normalized spacial score (nSPS) is 14.9. The van der Waals surface area contributed by atoms with Crippen molar-refractivity contribution >= 4 is 21.8 Å². The number of nitrogens with zero attached hydrogens (tertiary/aromatic N) is 4. The van der Waals surface area contributed by atoms with E-state index in [9.17, 15) is 4.79 Å². The highest BCUT2D eigenvalue weighted by Crippen LogP contribution is 2.21. The van der Waals surface area contributed by atoms with Crippen molar-refractivity contribution in [2.45, 2.75) is 20.4 Å². The number of amides is 1. The minimum Gasteiger partial charge on any atom is -0.336 e. The average Bonchev–Trinajstić information content (AvgIpc) is 3.03. The number of hydrogen-bond acceptors (Lipinski definition) is 3. The van der Waals surface area contributed by atoms with E-state index in [0.717, 1.165) is 54.1 Å². The van der Waals surface area contributed by atoms with Gasteiger partial charge in [0, 0.05) is 54.0 Å². The Kier molecular flexibility index (Phi) is 5.83. The quantitative estimate of drug-likeness (QED) is 0.595. The molecule has 2 aromatic carbocycles. The van der Waals surface area contributed by atoms with Gasteiger partial charge in [-0.05, 0) is 50.2 Å². The Morgan fingerprint density at radius 1 is 0.966 bits per heavy atom. The first-order valence-electron chi connectivity index (χ1n) is 9.90. The zero-order valence-electron chi connectivity index (χ0n) is 16.8. The lowest BCUT2D eigenvalue weighted by molar-refractivity contribution is 0.0628. The van der Waals surface area contributed by atoms with Crippen molar-refractivity contribution in [3.8, 4) is 5.69 Å². The van der Waals surface area contributed by atoms with E-state index in [1.165, 1.54) is 11.3 Å². The van der Waals surface area contributed by atoms with E-state index in [1.54, 1.807) is 0 Å². The second-order valence-electron chi connectivity index (χ2n) is 7.47. The highest BCUT2D eigenvalue weighted by atomic mass is 79.9. The van der Waals surface area contributed by atoms with Crippen molar-refractivity contribution in [1.29, 1.82) is 0 Å². The molecule has 0 radical (unpaired) electrons. The lowest BCUT2D eigenvalue weighted by Gasteiger charge is -2.34. The molecule has 0 atom stereocenters. The number of hydrogen-bond donors (Lipinski definition) is 0. The minimum atomic E-state index is 0.112. The largest absolute Gasteiger partial charge is 0.336 e. The Morgan fingerprint density at radius 2 is 1.62 bits per heavy atom. The summed E-state index contributed by atoms with van der Waals surface area (Å²) in [6.45, 7) is 8.32. The lowest BCUT2D eigenvalue weighted by atomic mass is 10.1. The topological polar surface area (TPSA) is 41.4 Å². The van der Waals surface area contributed by atoms with Crippen molar-refractivity contribution in [2.24, 2.45) is 0 Å². The van der Waals surface area contributed by atoms with Gasteiger partial charge in [-0.3, -0.25) is 9.69 Å². The number of carbonyl (C=O) groups excluding carboxylic acids is 1. The molecule has 150 valence electrons. The number of halogens is 1. The molecule has 3 aromatic rings. The third-order valence-electron chi connectivity index (χ3n) is 5.57. The Balaban J connectivity index is 1.41. The van der Waals surface area contributed by atoms with Crippen LogP contribution in [0.3, 0.4) is 0 Å². The highest BCUT2D eigenvalue weighted by Gasteiger charge is 2.24. The summed E-state index contributed by atoms with van der Waals surface area (Å²) < 4.78 is 3.01. The van der Waals surface area contributed by atoms with Crippen LogP contribution in [0.25, 0.3) is 5.69 Å². The Hall–Kier alpha value is -2.44. The first kappa shape index (κ1) is 19.9. The first-order chi connectivity index (χ1) is 14.0. The molecule has 1 aromatic heterocycles. The smallest absolute Gasteiger partial charge is 0.253 e. The fourth-order valence-electron chi connectivity index (χ4n) is 3.83. The Bertz CT molecular complexity index is 990. The van der Waals surface area contributed by atoms with E-state index in [0.29, 0.717) is 0 Å². The molecule has 5 nitrogen and oxygen atoms in total. The van der Waals surface area contributed by atoms with Crippen LogP contribution in [0, 0.1) is 13.8 Å². The van der Waals surface area contributed by atoms with Gasteiger partial charge in [0.1, 0.15) is 0 Å². The van der Waals surface area contributed by atoms with Crippen molar-refractivity contribution < 1.29 is 4.79 Å². The maximum atomic E-state index is 12.7. The molecule has 0 N–H and O–H groups in total. The van der Waals surface area contributed by atoms with Crippen LogP contribution < -0.4 is 0 Å². The molecule has 0 saturated carbocycles. The van der Waals surface area contributed by atoms with Crippen LogP contribution >= 0.6 is 15.9 Å². The first-order valence-corrected chi connectivity index (χ1v) is 10.7. The van der Waals surface area contributed by atoms with Crippen LogP contribution in [0.4, 0.5) is 0 Å². The summed E-state index contributed by atoms with van der Waals surface area (Å²) in [5, 5.41) is 4.76. The maximum absolute atomic E-state index is 12.7. The maximum Gasteiger partial charge on any atom is 0.253 e. The van der Waals surface area contributed by atoms with Gasteiger partial charge in [-0.2, -0.15) is 5.10 Å². The molecule has 0 aliphatic carbocycles. The van der Waals surface area contributed by atoms with Gasteiger partial charge in [0.05, 0.1) is 11.4 Å². The third kappa shape index (κ3) is 4.28. The summed E-state index contributed by atoms with van der Waals surface area (Å²) in [4.78, 5) is 17.1. The van der Waals surface area contributed by atoms with E-state index < -0.39 is 0 Å². The average molecular weight is 453 g/mol. The molecule has 1 amide bonds. The van der Waals surface area contributed by atoms with Crippen LogP contribution in [0.2, 0.25) is 0 Å². The number of aryl methyl sites for hydroxylation is 1. The molecule has 1 aliphatic heterocycles. The van der Waals surface area contributed by atoms with Gasteiger partial charge in [0.15, 0.2) is 0 Å². The van der Waals surface area contributed by atoms with Crippen molar-refractivity contribution in [3.05, 3.63) is 81.6 Å². The monoisotopic (exact) mass is 452 g/mol. The van der Waals surface area contributed by atoms with Gasteiger partial charge in [0.2, 0.25) is 0 Å². The Morgan fingerprint density at radius 3 is 2.28 bits per heavy atom. The molecule has 1 saturated heterocycles. The Labute approximate surface area is 180 Å². The van der Waals surface area contributed by atoms with Crippen molar-refractivity contribution in [3.63, 3.8) is 0 Å². The minimum absolute atomic E-state index is 0.112. The van der Waals surface area contributed by atoms with E-state index in [4.69, 9.17) is 5.10 Å². The van der Waals surface area contributed by atoms with Gasteiger partial charge < -0.3 is 4.90 Å². The molecule has 29 heavy (non-hydrogen) atoms. The molecule has 1 aliphatic rings. The summed E-state index contributed by atoms with van der Waals surface area (Å²) in [5.41, 5.74) is 5.37. The fraction of sp³-hybridized carbons (Fsp3) is 0.304. The molecular formula is C23H25BrN4O. The van der Waals surface area contributed by atoms with Crippen LogP contribution in [0.1, 0.15) is 27.3 Å². The molecular weight excluding hydrogens is 428 g/mol. The zero-order chi connectivity index (χ0) is 20.4. The van der Waals surface area contributed by atoms with E-state index in [-0.39, 0.29) is 5.91 Å². The molecule has 1 fully saturated rings. The van der Waals surface area contributed by atoms with Crippen LogP contribution in [-0.2, 0) is 6.54 Å². The van der Waals surface area contributed by atoms with Gasteiger partial charge in [-0.25, -0.2) is 4.68 Å². The second kappa shape index (κ2) is 8.51. The van der Waals surface area contributed by atoms with E-state index in [1.807, 2.05) is 52.0 Å². The van der Waals surface area contributed by atoms with Crippen molar-refractivity contribution in [1.82, 2.24) is 19.6 Å². The van der Waals surface area contributed by atoms with Crippen LogP contribution in [0.15, 0.2) is 59.1 Å². The summed E-state index contributed by atoms with van der Waals surface area (Å²) in [7, 11) is 0. The molecule has 2 heterocycles. The van der Waals surface area contributed by atoms with Gasteiger partial charge >= 0.3 is 0 Å². The lowest BCUT2D eigenvalue weighted by Crippen LogP contribution is -2.48. The van der Waals surface area contributed by atoms with Gasteiger partial charge in [-0.15, -0.1) is 0 Å². The number of benzene rings is 2. The number of rotatable bonds is 4. The number of piperazine rings is 1. The van der Waals surface area contributed by atoms with E-state index >= 15 is 0 Å². The van der Waals surface area contributed by atoms with Crippen LogP contribution in [0.5, 0.6) is 0 Å². The molecule has 0 spiro atoms. The molecule has 6 heteroatoms. The standard InChI is InChI=1S/C23H25BrN4O/c1-17-22(18(2)28(25-17)21-6-4-3-5-7-21)16-26-12-14-27(15-13-26)23(29)19-8-10-20(24)11-9-19/h3-11H,12-16H2,1-2H3. The van der Waals surface area contributed by atoms with E-state index in [2.05, 4.69) is 46.8 Å². The second-order valence-corrected chi connectivity index (χ2v) is 8.39. The summed E-state index contributed by atoms with van der Waals surface area (Å²) in [5.74, 6) is 0.112. The SMILES string of the molecule is Cc1nn(-c2ccccc2)c(C)c1CN1CCN(C(=O)c2ccc(Br)cc2)CC1. The molecule has 4 rings (SSSR count). The molecule has 0 bridgehead atoms. The fourth-order valence-corrected chi connectivity index (χ4v) is 4.10. The predicted octanol–water partition coefficient (Wildman–Crippen LogP) is 4.21. The summed E-state index contributed by atoms with van der Waals surface area (Å²) >= 11 is 3.42.